The van der Waals surface area contributed by atoms with E-state index in [0.29, 0.717) is 17.1 Å². The molecule has 0 spiro atoms. The number of halogens is 1. The summed E-state index contributed by atoms with van der Waals surface area (Å²) in [6.45, 7) is 0. The van der Waals surface area contributed by atoms with Crippen LogP contribution in [0.2, 0.25) is 0 Å². The molecule has 0 aliphatic rings. The van der Waals surface area contributed by atoms with Crippen molar-refractivity contribution in [2.45, 2.75) is 0 Å². The number of ether oxygens (including phenoxy) is 1. The lowest BCUT2D eigenvalue weighted by Gasteiger charge is -2.11. The van der Waals surface area contributed by atoms with Crippen molar-refractivity contribution in [3.05, 3.63) is 66.1 Å². The second kappa shape index (κ2) is 5.46. The van der Waals surface area contributed by atoms with Crippen molar-refractivity contribution < 1.29 is 9.13 Å². The van der Waals surface area contributed by atoms with Crippen molar-refractivity contribution in [2.24, 2.45) is 5.73 Å². The first-order valence-corrected chi connectivity index (χ1v) is 6.67. The average Bonchev–Trinajstić information content (AvgIpc) is 2.49. The van der Waals surface area contributed by atoms with E-state index < -0.39 is 5.82 Å². The summed E-state index contributed by atoms with van der Waals surface area (Å²) in [4.78, 5) is 4.39. The van der Waals surface area contributed by atoms with Crippen LogP contribution in [0, 0.1) is 5.82 Å². The fourth-order valence-electron chi connectivity index (χ4n) is 2.06. The third-order valence-electron chi connectivity index (χ3n) is 3.02. The summed E-state index contributed by atoms with van der Waals surface area (Å²) in [6, 6.07) is 13.5. The van der Waals surface area contributed by atoms with Gasteiger partial charge in [-0.3, -0.25) is 4.98 Å². The molecule has 0 aliphatic heterocycles. The summed E-state index contributed by atoms with van der Waals surface area (Å²) in [5.41, 5.74) is 6.70. The molecule has 0 amide bonds. The van der Waals surface area contributed by atoms with E-state index in [1.807, 2.05) is 24.3 Å². The number of nitrogens with zero attached hydrogens (tertiary/aromatic N) is 1. The molecule has 0 saturated carbocycles. The third kappa shape index (κ3) is 2.68. The second-order valence-corrected chi connectivity index (χ2v) is 4.88. The van der Waals surface area contributed by atoms with Crippen LogP contribution in [-0.2, 0) is 0 Å². The molecule has 1 heterocycles. The topological polar surface area (TPSA) is 48.1 Å². The molecule has 2 N–H and O–H groups in total. The van der Waals surface area contributed by atoms with Gasteiger partial charge in [-0.15, -0.1) is 0 Å². The van der Waals surface area contributed by atoms with Gasteiger partial charge >= 0.3 is 0 Å². The SMILES string of the molecule is NC(=S)c1cc(F)ccc1Oc1cccc2cccnc12. The number of hydrogen-bond donors (Lipinski definition) is 1. The Morgan fingerprint density at radius 1 is 1.10 bits per heavy atom. The van der Waals surface area contributed by atoms with Gasteiger partial charge in [0, 0.05) is 11.6 Å². The van der Waals surface area contributed by atoms with Gasteiger partial charge in [0.2, 0.25) is 0 Å². The number of rotatable bonds is 3. The first-order chi connectivity index (χ1) is 10.1. The van der Waals surface area contributed by atoms with Gasteiger partial charge in [-0.05, 0) is 30.3 Å². The van der Waals surface area contributed by atoms with E-state index in [1.54, 1.807) is 12.3 Å². The maximum Gasteiger partial charge on any atom is 0.153 e. The quantitative estimate of drug-likeness (QED) is 0.747. The highest BCUT2D eigenvalue weighted by molar-refractivity contribution is 7.80. The number of pyridine rings is 1. The van der Waals surface area contributed by atoms with Crippen molar-refractivity contribution in [3.8, 4) is 11.5 Å². The van der Waals surface area contributed by atoms with E-state index >= 15 is 0 Å². The highest BCUT2D eigenvalue weighted by Crippen LogP contribution is 2.30. The smallest absolute Gasteiger partial charge is 0.153 e. The van der Waals surface area contributed by atoms with Crippen LogP contribution in [-0.4, -0.2) is 9.97 Å². The zero-order valence-corrected chi connectivity index (χ0v) is 11.7. The van der Waals surface area contributed by atoms with Crippen LogP contribution >= 0.6 is 12.2 Å². The summed E-state index contributed by atoms with van der Waals surface area (Å²) in [6.07, 6.45) is 1.69. The van der Waals surface area contributed by atoms with Crippen molar-refractivity contribution in [3.63, 3.8) is 0 Å². The van der Waals surface area contributed by atoms with Gasteiger partial charge in [0.25, 0.3) is 0 Å². The molecule has 3 rings (SSSR count). The van der Waals surface area contributed by atoms with E-state index in [-0.39, 0.29) is 4.99 Å². The molecule has 21 heavy (non-hydrogen) atoms. The summed E-state index contributed by atoms with van der Waals surface area (Å²) in [5.74, 6) is 0.556. The van der Waals surface area contributed by atoms with Gasteiger partial charge < -0.3 is 10.5 Å². The van der Waals surface area contributed by atoms with Crippen molar-refractivity contribution in [1.29, 1.82) is 0 Å². The van der Waals surface area contributed by atoms with Crippen LogP contribution in [0.3, 0.4) is 0 Å². The van der Waals surface area contributed by atoms with Gasteiger partial charge in [-0.25, -0.2) is 4.39 Å². The van der Waals surface area contributed by atoms with Gasteiger partial charge in [-0.2, -0.15) is 0 Å². The molecule has 0 aliphatic carbocycles. The molecule has 1 aromatic heterocycles. The highest BCUT2D eigenvalue weighted by atomic mass is 32.1. The Morgan fingerprint density at radius 2 is 1.90 bits per heavy atom. The normalized spacial score (nSPS) is 10.5. The molecule has 2 aromatic carbocycles. The fourth-order valence-corrected chi connectivity index (χ4v) is 2.22. The van der Waals surface area contributed by atoms with E-state index in [9.17, 15) is 4.39 Å². The monoisotopic (exact) mass is 298 g/mol. The Morgan fingerprint density at radius 3 is 2.71 bits per heavy atom. The minimum atomic E-state index is -0.416. The first-order valence-electron chi connectivity index (χ1n) is 6.26. The van der Waals surface area contributed by atoms with Gasteiger partial charge in [0.15, 0.2) is 5.75 Å². The van der Waals surface area contributed by atoms with Crippen LogP contribution < -0.4 is 10.5 Å². The lowest BCUT2D eigenvalue weighted by molar-refractivity contribution is 0.484. The zero-order valence-electron chi connectivity index (χ0n) is 10.9. The van der Waals surface area contributed by atoms with Gasteiger partial charge in [-0.1, -0.05) is 30.4 Å². The Bertz CT molecular complexity index is 830. The number of fused-ring (bicyclic) bond motifs is 1. The molecule has 5 heteroatoms. The van der Waals surface area contributed by atoms with Crippen molar-refractivity contribution in [1.82, 2.24) is 4.98 Å². The predicted molar refractivity (Wildman–Crippen MR) is 84.1 cm³/mol. The van der Waals surface area contributed by atoms with Crippen LogP contribution in [0.25, 0.3) is 10.9 Å². The average molecular weight is 298 g/mol. The maximum absolute atomic E-state index is 13.3. The van der Waals surface area contributed by atoms with E-state index in [0.717, 1.165) is 10.9 Å². The lowest BCUT2D eigenvalue weighted by atomic mass is 10.2. The summed E-state index contributed by atoms with van der Waals surface area (Å²) < 4.78 is 19.2. The lowest BCUT2D eigenvalue weighted by Crippen LogP contribution is -2.11. The Labute approximate surface area is 126 Å². The Balaban J connectivity index is 2.09. The molecule has 0 bridgehead atoms. The molecule has 0 atom stereocenters. The number of hydrogen-bond acceptors (Lipinski definition) is 3. The minimum absolute atomic E-state index is 0.0812. The number of thiocarbonyl (C=S) groups is 1. The number of nitrogens with two attached hydrogens (primary N) is 1. The van der Waals surface area contributed by atoms with Crippen LogP contribution in [0.15, 0.2) is 54.7 Å². The second-order valence-electron chi connectivity index (χ2n) is 4.44. The number of benzene rings is 2. The van der Waals surface area contributed by atoms with Gasteiger partial charge in [0.1, 0.15) is 22.1 Å². The maximum atomic E-state index is 13.3. The Hall–Kier alpha value is -2.53. The van der Waals surface area contributed by atoms with Crippen LogP contribution in [0.5, 0.6) is 11.5 Å². The molecule has 3 aromatic rings. The van der Waals surface area contributed by atoms with E-state index in [4.69, 9.17) is 22.7 Å². The highest BCUT2D eigenvalue weighted by Gasteiger charge is 2.11. The van der Waals surface area contributed by atoms with Gasteiger partial charge in [0.05, 0.1) is 5.56 Å². The molecule has 3 nitrogen and oxygen atoms in total. The van der Waals surface area contributed by atoms with E-state index in [1.165, 1.54) is 18.2 Å². The standard InChI is InChI=1S/C16H11FN2OS/c17-11-6-7-13(12(9-11)16(18)21)20-14-5-1-3-10-4-2-8-19-15(10)14/h1-9H,(H2,18,21). The molecule has 0 saturated heterocycles. The largest absolute Gasteiger partial charge is 0.454 e. The number of aromatic nitrogens is 1. The summed E-state index contributed by atoms with van der Waals surface area (Å²) in [5, 5.41) is 0.953. The predicted octanol–water partition coefficient (Wildman–Crippen LogP) is 3.80. The minimum Gasteiger partial charge on any atom is -0.454 e. The third-order valence-corrected chi connectivity index (χ3v) is 3.24. The molecule has 0 fully saturated rings. The first kappa shape index (κ1) is 13.5. The Kier molecular flexibility index (Phi) is 3.50. The molecular formula is C16H11FN2OS. The van der Waals surface area contributed by atoms with Crippen LogP contribution in [0.4, 0.5) is 4.39 Å². The fraction of sp³-hybridized carbons (Fsp3) is 0. The van der Waals surface area contributed by atoms with Crippen LogP contribution in [0.1, 0.15) is 5.56 Å². The summed E-state index contributed by atoms with van der Waals surface area (Å²) >= 11 is 4.94. The molecule has 104 valence electrons. The summed E-state index contributed by atoms with van der Waals surface area (Å²) in [7, 11) is 0. The van der Waals surface area contributed by atoms with Crippen molar-refractivity contribution >= 4 is 28.1 Å². The van der Waals surface area contributed by atoms with Crippen molar-refractivity contribution in [2.75, 3.05) is 0 Å². The zero-order chi connectivity index (χ0) is 14.8. The molecule has 0 unspecified atom stereocenters. The van der Waals surface area contributed by atoms with E-state index in [2.05, 4.69) is 4.98 Å². The number of para-hydroxylation sites is 1. The molecule has 0 radical (unpaired) electrons. The molecular weight excluding hydrogens is 287 g/mol.